The number of nitrogens with zero attached hydrogens (tertiary/aromatic N) is 5. The summed E-state index contributed by atoms with van der Waals surface area (Å²) in [6.07, 6.45) is -4.52. The molecule has 3 aromatic carbocycles. The van der Waals surface area contributed by atoms with Crippen LogP contribution in [0, 0.1) is 6.92 Å². The van der Waals surface area contributed by atoms with Gasteiger partial charge in [0.05, 0.1) is 42.4 Å². The molecular weight excluding hydrogens is 589 g/mol. The van der Waals surface area contributed by atoms with Gasteiger partial charge in [0.15, 0.2) is 5.82 Å². The van der Waals surface area contributed by atoms with Crippen LogP contribution in [0.4, 0.5) is 29.3 Å². The highest BCUT2D eigenvalue weighted by molar-refractivity contribution is 6.03. The van der Waals surface area contributed by atoms with Crippen LogP contribution in [-0.4, -0.2) is 68.0 Å². The largest absolute Gasteiger partial charge is 0.497 e. The van der Waals surface area contributed by atoms with E-state index in [9.17, 15) is 22.8 Å². The van der Waals surface area contributed by atoms with Crippen molar-refractivity contribution in [3.8, 4) is 11.5 Å². The van der Waals surface area contributed by atoms with Crippen molar-refractivity contribution in [2.45, 2.75) is 26.1 Å². The van der Waals surface area contributed by atoms with E-state index < -0.39 is 23.8 Å². The minimum Gasteiger partial charge on any atom is -0.497 e. The number of aryl methyl sites for hydroxylation is 1. The molecule has 238 valence electrons. The number of amides is 2. The average Bonchev–Trinajstić information content (AvgIpc) is 3.02. The number of anilines is 2. The van der Waals surface area contributed by atoms with Crippen molar-refractivity contribution in [1.29, 1.82) is 0 Å². The Morgan fingerprint density at radius 2 is 1.67 bits per heavy atom. The number of alkyl halides is 3. The predicted octanol–water partition coefficient (Wildman–Crippen LogP) is 5.42. The Morgan fingerprint density at radius 3 is 2.29 bits per heavy atom. The first-order chi connectivity index (χ1) is 21.4. The van der Waals surface area contributed by atoms with Gasteiger partial charge < -0.3 is 24.7 Å². The van der Waals surface area contributed by atoms with Gasteiger partial charge in [-0.05, 0) is 69.4 Å². The lowest BCUT2D eigenvalue weighted by atomic mass is 10.1. The number of hydrogen-bond acceptors (Lipinski definition) is 7. The average molecular weight is 625 g/mol. The van der Waals surface area contributed by atoms with E-state index in [4.69, 9.17) is 14.5 Å². The fourth-order valence-electron chi connectivity index (χ4n) is 5.37. The van der Waals surface area contributed by atoms with Gasteiger partial charge in [0.1, 0.15) is 11.5 Å². The van der Waals surface area contributed by atoms with Gasteiger partial charge in [-0.1, -0.05) is 11.6 Å². The highest BCUT2D eigenvalue weighted by Gasteiger charge is 2.33. The maximum Gasteiger partial charge on any atom is 0.416 e. The minimum absolute atomic E-state index is 0.149. The summed E-state index contributed by atoms with van der Waals surface area (Å²) < 4.78 is 52.1. The Labute approximate surface area is 258 Å². The fraction of sp³-hybridized carbons (Fsp3) is 0.344. The van der Waals surface area contributed by atoms with Crippen molar-refractivity contribution in [3.05, 3.63) is 88.0 Å². The van der Waals surface area contributed by atoms with Crippen LogP contribution in [0.2, 0.25) is 0 Å². The number of carbonyl (C=O) groups is 1. The molecule has 0 aliphatic carbocycles. The predicted molar refractivity (Wildman–Crippen MR) is 167 cm³/mol. The highest BCUT2D eigenvalue weighted by Crippen LogP contribution is 2.38. The maximum absolute atomic E-state index is 14.1. The Balaban J connectivity index is 1.66. The molecule has 1 N–H and O–H groups in total. The Kier molecular flexibility index (Phi) is 8.91. The number of fused-ring (bicyclic) bond motifs is 1. The van der Waals surface area contributed by atoms with Gasteiger partial charge >= 0.3 is 12.2 Å². The molecular formula is C32H35F3N6O4. The standard InChI is InChI=1S/C32H35F3N6O4/c1-20-6-12-26-25(18-20)30(42)41(39-16-14-38(3)15-17-39)29(37-26)21(2)40(27-13-11-24(44-4)19-28(27)45-5)31(43)36-23-9-7-22(8-10-23)32(33,34)35/h6-13,18-19,21H,14-17H2,1-5H3,(H,36,43). The molecule has 1 aromatic heterocycles. The molecule has 1 unspecified atom stereocenters. The molecule has 1 atom stereocenters. The second-order valence-electron chi connectivity index (χ2n) is 11.0. The number of urea groups is 1. The molecule has 1 fully saturated rings. The van der Waals surface area contributed by atoms with E-state index >= 15 is 0 Å². The summed E-state index contributed by atoms with van der Waals surface area (Å²) in [6, 6.07) is 13.0. The Hall–Kier alpha value is -4.78. The number of benzene rings is 3. The molecule has 1 aliphatic heterocycles. The van der Waals surface area contributed by atoms with E-state index in [0.29, 0.717) is 47.0 Å². The number of halogens is 3. The first-order valence-electron chi connectivity index (χ1n) is 14.4. The van der Waals surface area contributed by atoms with Crippen LogP contribution in [0.3, 0.4) is 0 Å². The van der Waals surface area contributed by atoms with E-state index in [1.54, 1.807) is 41.9 Å². The van der Waals surface area contributed by atoms with E-state index in [2.05, 4.69) is 10.2 Å². The molecule has 10 nitrogen and oxygen atoms in total. The summed E-state index contributed by atoms with van der Waals surface area (Å²) in [4.78, 5) is 36.7. The maximum atomic E-state index is 14.1. The van der Waals surface area contributed by atoms with Gasteiger partial charge in [0, 0.05) is 37.9 Å². The van der Waals surface area contributed by atoms with Crippen molar-refractivity contribution in [1.82, 2.24) is 14.6 Å². The lowest BCUT2D eigenvalue weighted by Gasteiger charge is -2.38. The number of hydrogen-bond donors (Lipinski definition) is 1. The third-order valence-electron chi connectivity index (χ3n) is 7.88. The van der Waals surface area contributed by atoms with Gasteiger partial charge in [0.25, 0.3) is 5.56 Å². The number of ether oxygens (including phenoxy) is 2. The molecule has 1 aliphatic rings. The van der Waals surface area contributed by atoms with Gasteiger partial charge in [-0.3, -0.25) is 9.69 Å². The van der Waals surface area contributed by atoms with Crippen LogP contribution < -0.4 is 30.3 Å². The van der Waals surface area contributed by atoms with Crippen LogP contribution in [0.1, 0.15) is 29.9 Å². The molecule has 0 bridgehead atoms. The van der Waals surface area contributed by atoms with Crippen molar-refractivity contribution in [3.63, 3.8) is 0 Å². The molecule has 2 amide bonds. The number of aromatic nitrogens is 2. The monoisotopic (exact) mass is 624 g/mol. The van der Waals surface area contributed by atoms with Gasteiger partial charge in [0.2, 0.25) is 0 Å². The number of piperazine rings is 1. The topological polar surface area (TPSA) is 92.2 Å². The Morgan fingerprint density at radius 1 is 0.978 bits per heavy atom. The number of carbonyl (C=O) groups excluding carboxylic acids is 1. The smallest absolute Gasteiger partial charge is 0.416 e. The Bertz CT molecular complexity index is 1750. The summed E-state index contributed by atoms with van der Waals surface area (Å²) >= 11 is 0. The first kappa shape index (κ1) is 31.6. The van der Waals surface area contributed by atoms with Crippen molar-refractivity contribution in [2.75, 3.05) is 62.7 Å². The summed E-state index contributed by atoms with van der Waals surface area (Å²) in [5, 5.41) is 5.09. The molecule has 1 saturated heterocycles. The zero-order valence-electron chi connectivity index (χ0n) is 25.7. The van der Waals surface area contributed by atoms with Crippen molar-refractivity contribution in [2.24, 2.45) is 0 Å². The van der Waals surface area contributed by atoms with Crippen LogP contribution in [0.5, 0.6) is 11.5 Å². The number of nitrogens with one attached hydrogen (secondary N) is 1. The van der Waals surface area contributed by atoms with Crippen LogP contribution >= 0.6 is 0 Å². The second kappa shape index (κ2) is 12.7. The van der Waals surface area contributed by atoms with Crippen molar-refractivity contribution < 1.29 is 27.4 Å². The van der Waals surface area contributed by atoms with Gasteiger partial charge in [-0.15, -0.1) is 0 Å². The van der Waals surface area contributed by atoms with Gasteiger partial charge in [-0.2, -0.15) is 13.2 Å². The molecule has 0 radical (unpaired) electrons. The van der Waals surface area contributed by atoms with Crippen LogP contribution in [0.15, 0.2) is 65.5 Å². The highest BCUT2D eigenvalue weighted by atomic mass is 19.4. The van der Waals surface area contributed by atoms with E-state index in [1.807, 2.05) is 25.0 Å². The summed E-state index contributed by atoms with van der Waals surface area (Å²) in [6.45, 7) is 6.19. The quantitative estimate of drug-likeness (QED) is 0.294. The third-order valence-corrected chi connectivity index (χ3v) is 7.88. The lowest BCUT2D eigenvalue weighted by Crippen LogP contribution is -2.55. The summed E-state index contributed by atoms with van der Waals surface area (Å²) in [5.74, 6) is 1.09. The second-order valence-corrected chi connectivity index (χ2v) is 11.0. The van der Waals surface area contributed by atoms with Gasteiger partial charge in [-0.25, -0.2) is 14.5 Å². The SMILES string of the molecule is COc1ccc(N(C(=O)Nc2ccc(C(F)(F)F)cc2)C(C)c2nc3ccc(C)cc3c(=O)n2N2CCN(C)CC2)c(OC)c1. The first-order valence-corrected chi connectivity index (χ1v) is 14.4. The molecule has 2 heterocycles. The van der Waals surface area contributed by atoms with E-state index in [1.165, 1.54) is 31.3 Å². The fourth-order valence-corrected chi connectivity index (χ4v) is 5.37. The number of rotatable bonds is 7. The molecule has 13 heteroatoms. The van der Waals surface area contributed by atoms with Crippen LogP contribution in [0.25, 0.3) is 10.9 Å². The molecule has 45 heavy (non-hydrogen) atoms. The molecule has 4 aromatic rings. The third kappa shape index (κ3) is 6.53. The number of likely N-dealkylation sites (N-methyl/N-ethyl adjacent to an activating group) is 1. The summed E-state index contributed by atoms with van der Waals surface area (Å²) in [5.41, 5.74) is 0.763. The van der Waals surface area contributed by atoms with Crippen LogP contribution in [-0.2, 0) is 6.18 Å². The van der Waals surface area contributed by atoms with Crippen molar-refractivity contribution >= 4 is 28.3 Å². The molecule has 5 rings (SSSR count). The van der Waals surface area contributed by atoms with E-state index in [-0.39, 0.29) is 11.2 Å². The summed E-state index contributed by atoms with van der Waals surface area (Å²) in [7, 11) is 4.96. The lowest BCUT2D eigenvalue weighted by molar-refractivity contribution is -0.137. The zero-order valence-corrected chi connectivity index (χ0v) is 25.7. The zero-order chi connectivity index (χ0) is 32.5. The molecule has 0 spiro atoms. The normalized spacial score (nSPS) is 14.7. The number of methoxy groups -OCH3 is 2. The molecule has 0 saturated carbocycles. The minimum atomic E-state index is -4.52. The van der Waals surface area contributed by atoms with E-state index in [0.717, 1.165) is 30.8 Å².